The van der Waals surface area contributed by atoms with Gasteiger partial charge < -0.3 is 16.0 Å². The van der Waals surface area contributed by atoms with Crippen molar-refractivity contribution in [2.24, 2.45) is 16.1 Å². The molecular weight excluding hydrogens is 597 g/mol. The van der Waals surface area contributed by atoms with E-state index in [1.165, 1.54) is 30.8 Å². The third kappa shape index (κ3) is 6.82. The minimum Gasteiger partial charge on any atom is -0.379 e. The number of amidine groups is 1. The lowest BCUT2D eigenvalue weighted by Gasteiger charge is -2.38. The van der Waals surface area contributed by atoms with Crippen LogP contribution in [0, 0.1) is 11.2 Å². The van der Waals surface area contributed by atoms with Crippen molar-refractivity contribution in [2.75, 3.05) is 18.8 Å². The van der Waals surface area contributed by atoms with Crippen LogP contribution in [0.2, 0.25) is 0 Å². The lowest BCUT2D eigenvalue weighted by atomic mass is 9.77. The number of amides is 1. The molecule has 4 unspecified atom stereocenters. The number of piperidine rings is 1. The van der Waals surface area contributed by atoms with Crippen LogP contribution in [0.15, 0.2) is 47.5 Å². The Kier molecular flexibility index (Phi) is 8.78. The summed E-state index contributed by atoms with van der Waals surface area (Å²) in [6, 6.07) is 6.40. The first kappa shape index (κ1) is 31.6. The van der Waals surface area contributed by atoms with Gasteiger partial charge in [-0.15, -0.1) is 0 Å². The van der Waals surface area contributed by atoms with Crippen molar-refractivity contribution in [1.82, 2.24) is 10.2 Å². The van der Waals surface area contributed by atoms with E-state index in [1.54, 1.807) is 0 Å². The molecule has 2 aromatic carbocycles. The van der Waals surface area contributed by atoms with Crippen LogP contribution in [0.5, 0.6) is 0 Å². The molecule has 2 fully saturated rings. The molecule has 1 saturated carbocycles. The number of benzene rings is 2. The molecule has 2 aliphatic heterocycles. The second kappa shape index (κ2) is 11.9. The van der Waals surface area contributed by atoms with Gasteiger partial charge in [0.25, 0.3) is 0 Å². The molecule has 0 aromatic heterocycles. The maximum Gasteiger partial charge on any atom is 0.416 e. The van der Waals surface area contributed by atoms with Crippen LogP contribution in [-0.4, -0.2) is 46.9 Å². The summed E-state index contributed by atoms with van der Waals surface area (Å²) in [6.45, 7) is 2.96. The summed E-state index contributed by atoms with van der Waals surface area (Å²) in [5.74, 6) is 0.0447. The van der Waals surface area contributed by atoms with E-state index < -0.39 is 46.9 Å². The molecule has 3 N–H and O–H groups in total. The van der Waals surface area contributed by atoms with Gasteiger partial charge in [-0.05, 0) is 99.5 Å². The highest BCUT2D eigenvalue weighted by Crippen LogP contribution is 2.48. The Morgan fingerprint density at radius 2 is 1.63 bits per heavy atom. The second-order valence-corrected chi connectivity index (χ2v) is 12.8. The van der Waals surface area contributed by atoms with E-state index >= 15 is 0 Å². The first-order valence-corrected chi connectivity index (χ1v) is 15.2. The van der Waals surface area contributed by atoms with E-state index in [0.717, 1.165) is 31.5 Å². The largest absolute Gasteiger partial charge is 0.416 e. The van der Waals surface area contributed by atoms with E-state index in [0.29, 0.717) is 48.2 Å². The first-order chi connectivity index (χ1) is 20.2. The highest BCUT2D eigenvalue weighted by Gasteiger charge is 2.53. The summed E-state index contributed by atoms with van der Waals surface area (Å²) < 4.78 is 94.1. The van der Waals surface area contributed by atoms with Crippen LogP contribution < -0.4 is 11.1 Å². The van der Waals surface area contributed by atoms with Gasteiger partial charge in [-0.1, -0.05) is 23.9 Å². The van der Waals surface area contributed by atoms with E-state index in [2.05, 4.69) is 15.2 Å². The van der Waals surface area contributed by atoms with Crippen molar-refractivity contribution in [3.63, 3.8) is 0 Å². The molecule has 4 atom stereocenters. The number of thioether (sulfide) groups is 1. The number of nitrogens with one attached hydrogen (secondary N) is 1. The number of carbonyl (C=O) groups excluding carboxylic acids is 1. The van der Waals surface area contributed by atoms with Gasteiger partial charge in [0.1, 0.15) is 5.82 Å². The number of nitrogens with zero attached hydrogens (tertiary/aromatic N) is 2. The van der Waals surface area contributed by atoms with Crippen molar-refractivity contribution < 1.29 is 35.5 Å². The first-order valence-electron chi connectivity index (χ1n) is 14.2. The van der Waals surface area contributed by atoms with Crippen LogP contribution in [0.4, 0.5) is 30.7 Å². The molecule has 2 heterocycles. The molecule has 0 radical (unpaired) electrons. The molecule has 234 valence electrons. The van der Waals surface area contributed by atoms with E-state index in [4.69, 9.17) is 5.73 Å². The quantitative estimate of drug-likeness (QED) is 0.341. The molecule has 1 saturated heterocycles. The predicted molar refractivity (Wildman–Crippen MR) is 151 cm³/mol. The van der Waals surface area contributed by atoms with Crippen molar-refractivity contribution in [1.29, 1.82) is 0 Å². The van der Waals surface area contributed by atoms with Crippen LogP contribution in [-0.2, 0) is 17.1 Å². The fourth-order valence-electron chi connectivity index (χ4n) is 6.68. The standard InChI is InChI=1S/C30H33F7N4OS/c1-17(20-12-21(29(32,33)34)14-22(13-20)30(35,36)37)39-26(42)28(25-16-43-27(38)40-25)9-6-24(15-28)41-10-7-19(8-11-41)18-2-4-23(31)5-3-18/h2-5,12-14,17,19,24-25H,6-11,15-16H2,1H3,(H2,38,40)(H,39,42). The van der Waals surface area contributed by atoms with Crippen molar-refractivity contribution in [2.45, 2.75) is 75.4 Å². The lowest BCUT2D eigenvalue weighted by molar-refractivity contribution is -0.143. The molecule has 5 nitrogen and oxygen atoms in total. The van der Waals surface area contributed by atoms with Gasteiger partial charge in [0.15, 0.2) is 5.17 Å². The number of rotatable bonds is 6. The Morgan fingerprint density at radius 3 is 2.16 bits per heavy atom. The fraction of sp³-hybridized carbons (Fsp3) is 0.533. The Morgan fingerprint density at radius 1 is 1.02 bits per heavy atom. The van der Waals surface area contributed by atoms with Gasteiger partial charge in [0, 0.05) is 11.8 Å². The highest BCUT2D eigenvalue weighted by molar-refractivity contribution is 8.14. The Labute approximate surface area is 249 Å². The van der Waals surface area contributed by atoms with E-state index in [1.807, 2.05) is 12.1 Å². The summed E-state index contributed by atoms with van der Waals surface area (Å²) in [5, 5.41) is 3.09. The normalized spacial score (nSPS) is 26.4. The highest BCUT2D eigenvalue weighted by atomic mass is 32.2. The van der Waals surface area contributed by atoms with Gasteiger partial charge in [-0.3, -0.25) is 9.79 Å². The summed E-state index contributed by atoms with van der Waals surface area (Å²) in [4.78, 5) is 20.8. The molecular formula is C30H33F7N4OS. The minimum atomic E-state index is -4.99. The van der Waals surface area contributed by atoms with Crippen molar-refractivity contribution >= 4 is 22.8 Å². The summed E-state index contributed by atoms with van der Waals surface area (Å²) in [7, 11) is 0. The average Bonchev–Trinajstić information content (AvgIpc) is 3.60. The van der Waals surface area contributed by atoms with Crippen LogP contribution in [0.3, 0.4) is 0 Å². The van der Waals surface area contributed by atoms with Crippen LogP contribution >= 0.6 is 11.8 Å². The zero-order valence-corrected chi connectivity index (χ0v) is 24.3. The van der Waals surface area contributed by atoms with Crippen molar-refractivity contribution in [3.05, 3.63) is 70.5 Å². The van der Waals surface area contributed by atoms with Gasteiger partial charge in [-0.2, -0.15) is 26.3 Å². The fourth-order valence-corrected chi connectivity index (χ4v) is 7.61. The molecule has 2 aromatic rings. The number of carbonyl (C=O) groups is 1. The minimum absolute atomic E-state index is 0.0580. The summed E-state index contributed by atoms with van der Waals surface area (Å²) in [6.07, 6.45) is -6.62. The maximum absolute atomic E-state index is 14.0. The molecule has 3 aliphatic rings. The number of hydrogen-bond acceptors (Lipinski definition) is 5. The molecule has 0 bridgehead atoms. The molecule has 1 amide bonds. The average molecular weight is 631 g/mol. The van der Waals surface area contributed by atoms with Gasteiger partial charge in [-0.25, -0.2) is 4.39 Å². The van der Waals surface area contributed by atoms with Gasteiger partial charge in [0.05, 0.1) is 28.6 Å². The Bertz CT molecular complexity index is 1320. The zero-order valence-electron chi connectivity index (χ0n) is 23.4. The number of nitrogens with two attached hydrogens (primary N) is 1. The van der Waals surface area contributed by atoms with Gasteiger partial charge >= 0.3 is 12.4 Å². The lowest BCUT2D eigenvalue weighted by Crippen LogP contribution is -2.49. The molecule has 1 aliphatic carbocycles. The summed E-state index contributed by atoms with van der Waals surface area (Å²) >= 11 is 1.33. The molecule has 0 spiro atoms. The number of aliphatic imine (C=N–C) groups is 1. The maximum atomic E-state index is 14.0. The number of alkyl halides is 6. The third-order valence-electron chi connectivity index (χ3n) is 9.13. The number of hydrogen-bond donors (Lipinski definition) is 2. The molecule has 13 heteroatoms. The topological polar surface area (TPSA) is 70.7 Å². The molecule has 43 heavy (non-hydrogen) atoms. The van der Waals surface area contributed by atoms with E-state index in [-0.39, 0.29) is 23.5 Å². The third-order valence-corrected chi connectivity index (χ3v) is 10.0. The smallest absolute Gasteiger partial charge is 0.379 e. The van der Waals surface area contributed by atoms with E-state index in [9.17, 15) is 35.5 Å². The van der Waals surface area contributed by atoms with Crippen molar-refractivity contribution in [3.8, 4) is 0 Å². The molecule has 5 rings (SSSR count). The summed E-state index contributed by atoms with van der Waals surface area (Å²) in [5.41, 5.74) is 2.89. The Balaban J connectivity index is 1.33. The monoisotopic (exact) mass is 630 g/mol. The predicted octanol–water partition coefficient (Wildman–Crippen LogP) is 6.89. The zero-order chi connectivity index (χ0) is 31.2. The second-order valence-electron chi connectivity index (χ2n) is 11.7. The number of halogens is 7. The van der Waals surface area contributed by atoms with Gasteiger partial charge in [0.2, 0.25) is 5.91 Å². The van der Waals surface area contributed by atoms with Crippen LogP contribution in [0.25, 0.3) is 0 Å². The number of likely N-dealkylation sites (tertiary alicyclic amines) is 1. The Hall–Kier alpha value is -2.80. The van der Waals surface area contributed by atoms with Crippen LogP contribution in [0.1, 0.15) is 73.2 Å². The SMILES string of the molecule is CC(NC(=O)C1(C2CSC(N)=N2)CCC(N2CCC(c3ccc(F)cc3)CC2)C1)c1cc(C(F)(F)F)cc(C(F)(F)F)c1.